The minimum Gasteiger partial charge on any atom is -0.497 e. The van der Waals surface area contributed by atoms with Gasteiger partial charge in [0.1, 0.15) is 17.1 Å². The van der Waals surface area contributed by atoms with Crippen molar-refractivity contribution in [1.29, 1.82) is 0 Å². The van der Waals surface area contributed by atoms with Gasteiger partial charge < -0.3 is 19.2 Å². The molecule has 0 saturated carbocycles. The Morgan fingerprint density at radius 2 is 2.06 bits per heavy atom. The molecule has 8 nitrogen and oxygen atoms in total. The van der Waals surface area contributed by atoms with E-state index in [4.69, 9.17) is 13.9 Å². The average molecular weight is 493 g/mol. The third kappa shape index (κ3) is 5.36. The second-order valence-corrected chi connectivity index (χ2v) is 9.49. The Balaban J connectivity index is 1.28. The molecular formula is C26H28N4O4S. The van der Waals surface area contributed by atoms with Crippen molar-refractivity contribution in [1.82, 2.24) is 20.1 Å². The van der Waals surface area contributed by atoms with Crippen LogP contribution in [0.5, 0.6) is 5.75 Å². The number of rotatable bonds is 9. The highest BCUT2D eigenvalue weighted by Crippen LogP contribution is 2.28. The average Bonchev–Trinajstić information content (AvgIpc) is 3.63. The van der Waals surface area contributed by atoms with Gasteiger partial charge in [-0.25, -0.2) is 0 Å². The standard InChI is InChI=1S/C26H28N4O4S/c1-17(23-14-19-6-3-4-8-22(19)34-23)27-24(31)16-35-26-29-28-25(18-9-11-20(32-2)12-10-18)30(26)15-21-7-5-13-33-21/h3-4,6,8-12,14,17,21H,5,7,13,15-16H2,1-2H3,(H,27,31)/t17-,21+/m0/s1. The molecule has 2 atom stereocenters. The lowest BCUT2D eigenvalue weighted by molar-refractivity contribution is -0.119. The van der Waals surface area contributed by atoms with Crippen molar-refractivity contribution in [3.05, 3.63) is 60.4 Å². The quantitative estimate of drug-likeness (QED) is 0.334. The Kier molecular flexibility index (Phi) is 7.06. The Hall–Kier alpha value is -3.30. The van der Waals surface area contributed by atoms with Crippen LogP contribution in [-0.2, 0) is 16.1 Å². The second kappa shape index (κ2) is 10.5. The number of nitrogens with zero attached hydrogens (tertiary/aromatic N) is 3. The monoisotopic (exact) mass is 492 g/mol. The number of aromatic nitrogens is 3. The Labute approximate surface area is 208 Å². The first-order valence-electron chi connectivity index (χ1n) is 11.7. The van der Waals surface area contributed by atoms with Crippen LogP contribution in [0.1, 0.15) is 31.6 Å². The molecule has 2 aromatic carbocycles. The van der Waals surface area contributed by atoms with Crippen LogP contribution in [0.15, 0.2) is 64.2 Å². The molecule has 0 unspecified atom stereocenters. The van der Waals surface area contributed by atoms with E-state index in [9.17, 15) is 4.79 Å². The number of carbonyl (C=O) groups excluding carboxylic acids is 1. The maximum absolute atomic E-state index is 12.7. The van der Waals surface area contributed by atoms with Gasteiger partial charge in [0.25, 0.3) is 0 Å². The van der Waals surface area contributed by atoms with Crippen LogP contribution in [0.2, 0.25) is 0 Å². The van der Waals surface area contributed by atoms with Gasteiger partial charge in [-0.15, -0.1) is 10.2 Å². The first-order chi connectivity index (χ1) is 17.1. The fourth-order valence-corrected chi connectivity index (χ4v) is 4.96. The van der Waals surface area contributed by atoms with E-state index in [1.54, 1.807) is 7.11 Å². The van der Waals surface area contributed by atoms with Crippen LogP contribution in [0.3, 0.4) is 0 Å². The topological polar surface area (TPSA) is 91.4 Å². The predicted octanol–water partition coefficient (Wildman–Crippen LogP) is 4.85. The molecule has 0 bridgehead atoms. The zero-order chi connectivity index (χ0) is 24.2. The molecule has 1 amide bonds. The van der Waals surface area contributed by atoms with E-state index < -0.39 is 0 Å². The molecule has 0 aliphatic carbocycles. The molecule has 4 aromatic rings. The molecule has 182 valence electrons. The third-order valence-electron chi connectivity index (χ3n) is 6.06. The first kappa shape index (κ1) is 23.4. The first-order valence-corrected chi connectivity index (χ1v) is 12.7. The summed E-state index contributed by atoms with van der Waals surface area (Å²) in [5.41, 5.74) is 1.75. The van der Waals surface area contributed by atoms with Crippen LogP contribution >= 0.6 is 11.8 Å². The highest BCUT2D eigenvalue weighted by Gasteiger charge is 2.23. The van der Waals surface area contributed by atoms with E-state index in [0.29, 0.717) is 11.7 Å². The number of methoxy groups -OCH3 is 1. The number of carbonyl (C=O) groups is 1. The SMILES string of the molecule is COc1ccc(-c2nnc(SCC(=O)N[C@@H](C)c3cc4ccccc4o3)n2C[C@H]2CCCO2)cc1. The second-order valence-electron chi connectivity index (χ2n) is 8.54. The lowest BCUT2D eigenvalue weighted by Crippen LogP contribution is -2.28. The molecule has 9 heteroatoms. The van der Waals surface area contributed by atoms with Crippen molar-refractivity contribution in [2.75, 3.05) is 19.5 Å². The van der Waals surface area contributed by atoms with Gasteiger partial charge in [-0.05, 0) is 56.2 Å². The largest absolute Gasteiger partial charge is 0.497 e. The van der Waals surface area contributed by atoms with Crippen LogP contribution in [-0.4, -0.2) is 46.2 Å². The van der Waals surface area contributed by atoms with E-state index in [1.165, 1.54) is 11.8 Å². The van der Waals surface area contributed by atoms with Gasteiger partial charge in [0.05, 0.1) is 31.6 Å². The molecule has 0 spiro atoms. The van der Waals surface area contributed by atoms with Crippen LogP contribution in [0, 0.1) is 0 Å². The fraction of sp³-hybridized carbons (Fsp3) is 0.346. The Bertz CT molecular complexity index is 1260. The number of benzene rings is 2. The van der Waals surface area contributed by atoms with Crippen molar-refractivity contribution in [3.8, 4) is 17.1 Å². The molecule has 2 aromatic heterocycles. The van der Waals surface area contributed by atoms with Crippen LogP contribution in [0.4, 0.5) is 0 Å². The number of amides is 1. The van der Waals surface area contributed by atoms with Gasteiger partial charge in [-0.1, -0.05) is 30.0 Å². The minimum absolute atomic E-state index is 0.0966. The molecule has 1 saturated heterocycles. The molecule has 0 radical (unpaired) electrons. The number of furan rings is 1. The summed E-state index contributed by atoms with van der Waals surface area (Å²) in [7, 11) is 1.64. The smallest absolute Gasteiger partial charge is 0.231 e. The van der Waals surface area contributed by atoms with Gasteiger partial charge in [-0.3, -0.25) is 9.36 Å². The van der Waals surface area contributed by atoms with Crippen LogP contribution < -0.4 is 10.1 Å². The van der Waals surface area contributed by atoms with Crippen molar-refractivity contribution in [2.24, 2.45) is 0 Å². The lowest BCUT2D eigenvalue weighted by atomic mass is 10.2. The van der Waals surface area contributed by atoms with Crippen molar-refractivity contribution in [2.45, 2.75) is 43.6 Å². The zero-order valence-corrected chi connectivity index (χ0v) is 20.6. The number of hydrogen-bond acceptors (Lipinski definition) is 7. The summed E-state index contributed by atoms with van der Waals surface area (Å²) >= 11 is 1.37. The van der Waals surface area contributed by atoms with E-state index in [1.807, 2.05) is 61.5 Å². The van der Waals surface area contributed by atoms with Crippen molar-refractivity contribution < 1.29 is 18.7 Å². The number of nitrogens with one attached hydrogen (secondary N) is 1. The van der Waals surface area contributed by atoms with Gasteiger partial charge in [0.2, 0.25) is 5.91 Å². The number of para-hydroxylation sites is 1. The summed E-state index contributed by atoms with van der Waals surface area (Å²) in [6, 6.07) is 17.3. The number of hydrogen-bond donors (Lipinski definition) is 1. The zero-order valence-electron chi connectivity index (χ0n) is 19.8. The van der Waals surface area contributed by atoms with E-state index >= 15 is 0 Å². The maximum atomic E-state index is 12.7. The highest BCUT2D eigenvalue weighted by molar-refractivity contribution is 7.99. The highest BCUT2D eigenvalue weighted by atomic mass is 32.2. The Morgan fingerprint density at radius 1 is 1.23 bits per heavy atom. The maximum Gasteiger partial charge on any atom is 0.231 e. The number of thioether (sulfide) groups is 1. The minimum atomic E-state index is -0.241. The fourth-order valence-electron chi connectivity index (χ4n) is 4.21. The van der Waals surface area contributed by atoms with Crippen LogP contribution in [0.25, 0.3) is 22.4 Å². The van der Waals surface area contributed by atoms with E-state index in [0.717, 1.165) is 53.3 Å². The van der Waals surface area contributed by atoms with Crippen molar-refractivity contribution in [3.63, 3.8) is 0 Å². The lowest BCUT2D eigenvalue weighted by Gasteiger charge is -2.15. The molecule has 35 heavy (non-hydrogen) atoms. The summed E-state index contributed by atoms with van der Waals surface area (Å²) in [6.45, 7) is 3.34. The van der Waals surface area contributed by atoms with Gasteiger partial charge in [0, 0.05) is 17.6 Å². The van der Waals surface area contributed by atoms with Crippen molar-refractivity contribution >= 4 is 28.6 Å². The summed E-state index contributed by atoms with van der Waals surface area (Å²) in [6.07, 6.45) is 2.17. The van der Waals surface area contributed by atoms with Gasteiger partial charge in [0.15, 0.2) is 11.0 Å². The molecule has 1 N–H and O–H groups in total. The molecule has 1 aliphatic heterocycles. The Morgan fingerprint density at radius 3 is 2.80 bits per heavy atom. The summed E-state index contributed by atoms with van der Waals surface area (Å²) in [5.74, 6) is 2.38. The van der Waals surface area contributed by atoms with E-state index in [-0.39, 0.29) is 23.8 Å². The molecular weight excluding hydrogens is 464 g/mol. The molecule has 1 fully saturated rings. The van der Waals surface area contributed by atoms with Gasteiger partial charge >= 0.3 is 0 Å². The van der Waals surface area contributed by atoms with E-state index in [2.05, 4.69) is 20.1 Å². The molecule has 5 rings (SSSR count). The summed E-state index contributed by atoms with van der Waals surface area (Å²) < 4.78 is 19.1. The van der Waals surface area contributed by atoms with Gasteiger partial charge in [-0.2, -0.15) is 0 Å². The predicted molar refractivity (Wildman–Crippen MR) is 134 cm³/mol. The summed E-state index contributed by atoms with van der Waals surface area (Å²) in [5, 5.41) is 13.6. The number of fused-ring (bicyclic) bond motifs is 1. The normalized spacial score (nSPS) is 16.5. The summed E-state index contributed by atoms with van der Waals surface area (Å²) in [4.78, 5) is 12.7. The molecule has 1 aliphatic rings. The third-order valence-corrected chi connectivity index (χ3v) is 7.02. The number of ether oxygens (including phenoxy) is 2. The molecule has 3 heterocycles.